The second-order valence-electron chi connectivity index (χ2n) is 26.8. The van der Waals surface area contributed by atoms with Crippen LogP contribution in [0, 0.1) is 39.9 Å². The van der Waals surface area contributed by atoms with Crippen molar-refractivity contribution in [3.05, 3.63) is 35.5 Å². The van der Waals surface area contributed by atoms with Gasteiger partial charge in [-0.15, -0.1) is 0 Å². The van der Waals surface area contributed by atoms with E-state index in [0.717, 1.165) is 24.8 Å². The third kappa shape index (κ3) is 12.5. The van der Waals surface area contributed by atoms with Gasteiger partial charge in [-0.25, -0.2) is 4.79 Å². The van der Waals surface area contributed by atoms with E-state index in [2.05, 4.69) is 32.9 Å². The maximum atomic E-state index is 12.8. The van der Waals surface area contributed by atoms with Crippen LogP contribution in [0.1, 0.15) is 100 Å². The number of hydrogen-bond donors (Lipinski definition) is 15. The topological polar surface area (TPSA) is 413 Å². The molecule has 0 aromatic heterocycles. The van der Waals surface area contributed by atoms with E-state index in [1.165, 1.54) is 12.5 Å². The Labute approximate surface area is 488 Å². The van der Waals surface area contributed by atoms with Gasteiger partial charge in [-0.05, 0) is 99.7 Å². The highest BCUT2D eigenvalue weighted by atomic mass is 16.8. The molecule has 26 heteroatoms. The van der Waals surface area contributed by atoms with Crippen molar-refractivity contribution in [2.24, 2.45) is 39.9 Å². The highest BCUT2D eigenvalue weighted by Crippen LogP contribution is 2.69. The van der Waals surface area contributed by atoms with Crippen LogP contribution in [0.15, 0.2) is 35.5 Å². The van der Waals surface area contributed by atoms with E-state index in [1.807, 2.05) is 26.0 Å². The number of allylic oxidation sites excluding steroid dienone is 3. The van der Waals surface area contributed by atoms with Crippen LogP contribution in [-0.2, 0) is 52.2 Å². The minimum absolute atomic E-state index is 0.173. The number of carboxylic acid groups (broad SMARTS) is 1. The lowest BCUT2D eigenvalue weighted by Gasteiger charge is -2.54. The molecule has 26 nitrogen and oxygen atoms in total. The molecular formula is C58H92O26. The number of aliphatic carboxylic acids is 1. The van der Waals surface area contributed by atoms with Crippen molar-refractivity contribution in [1.82, 2.24) is 0 Å². The highest BCUT2D eigenvalue weighted by Gasteiger charge is 2.64. The summed E-state index contributed by atoms with van der Waals surface area (Å²) >= 11 is 0. The van der Waals surface area contributed by atoms with E-state index in [0.29, 0.717) is 25.7 Å². The van der Waals surface area contributed by atoms with E-state index >= 15 is 0 Å². The standard InChI is InChI=1S/C58H92O26/c1-23(10-9-15-55(3,4)84-53-44(71)39(66)40(67)47(82-53)49(73)74)27-14-17-58(8)34-26(13-16-57(27,58)7)18-25-11-12-33(56(5,6)28(25)19-29(34)59)80-54-48(83-52-43(70)38(65)35(62)24(2)78-52)45(72)46(81-51-42(69)37(64)31(61)21-76-51)32(79-54)22-77-50-41(68)36(63)30(60)20-75-50/h9,11,13,15,23-24,27-48,50-54,59-72H,10,12,14,16-22H2,1-8H3,(H,73,74)/b15-9+/t23-,24+,27-,28-,29+,30+,31-,32-,33+,34+,35+,36+,37+,38-,39+,40+,41-,42-,43-,44-,45+,46-,47+,48-,50+,51+,52+,53+,54+,57-,58+/m1/s1. The molecule has 0 spiro atoms. The zero-order valence-corrected chi connectivity index (χ0v) is 48.8. The van der Waals surface area contributed by atoms with Crippen molar-refractivity contribution in [2.45, 2.75) is 259 Å². The Morgan fingerprint density at radius 1 is 0.667 bits per heavy atom. The summed E-state index contributed by atoms with van der Waals surface area (Å²) in [6, 6.07) is 0. The summed E-state index contributed by atoms with van der Waals surface area (Å²) in [6.45, 7) is 14.3. The molecule has 0 aromatic carbocycles. The molecule has 5 saturated heterocycles. The summed E-state index contributed by atoms with van der Waals surface area (Å²) in [5.74, 6) is -1.54. The fraction of sp³-hybridized carbons (Fsp3) is 0.879. The van der Waals surface area contributed by atoms with Gasteiger partial charge in [-0.2, -0.15) is 0 Å². The van der Waals surface area contributed by atoms with Crippen LogP contribution in [-0.4, -0.2) is 262 Å². The molecule has 5 aliphatic heterocycles. The molecule has 5 heterocycles. The first-order valence-corrected chi connectivity index (χ1v) is 29.6. The number of ether oxygens (including phenoxy) is 10. The first kappa shape index (κ1) is 66.2. The molecule has 0 bridgehead atoms. The minimum atomic E-state index is -1.88. The van der Waals surface area contributed by atoms with E-state index in [1.54, 1.807) is 13.8 Å². The fourth-order valence-electron chi connectivity index (χ4n) is 15.2. The molecule has 0 amide bonds. The summed E-state index contributed by atoms with van der Waals surface area (Å²) < 4.78 is 60.2. The zero-order valence-electron chi connectivity index (χ0n) is 48.8. The molecule has 480 valence electrons. The lowest BCUT2D eigenvalue weighted by atomic mass is 9.50. The Morgan fingerprint density at radius 2 is 1.27 bits per heavy atom. The van der Waals surface area contributed by atoms with Gasteiger partial charge >= 0.3 is 5.97 Å². The summed E-state index contributed by atoms with van der Waals surface area (Å²) in [6.07, 6.45) is -26.7. The molecule has 31 atom stereocenters. The van der Waals surface area contributed by atoms with Crippen LogP contribution >= 0.6 is 0 Å². The predicted octanol–water partition coefficient (Wildman–Crippen LogP) is -2.28. The quantitative estimate of drug-likeness (QED) is 0.0724. The van der Waals surface area contributed by atoms with Gasteiger partial charge in [-0.3, -0.25) is 0 Å². The van der Waals surface area contributed by atoms with E-state index in [4.69, 9.17) is 47.4 Å². The smallest absolute Gasteiger partial charge is 0.335 e. The van der Waals surface area contributed by atoms with Gasteiger partial charge in [0.15, 0.2) is 37.6 Å². The molecule has 7 fully saturated rings. The number of rotatable bonds is 16. The Balaban J connectivity index is 0.931. The predicted molar refractivity (Wildman–Crippen MR) is 286 cm³/mol. The molecule has 0 radical (unpaired) electrons. The third-order valence-electron chi connectivity index (χ3n) is 20.6. The highest BCUT2D eigenvalue weighted by molar-refractivity contribution is 5.73. The fourth-order valence-corrected chi connectivity index (χ4v) is 15.2. The third-order valence-corrected chi connectivity index (χ3v) is 20.6. The van der Waals surface area contributed by atoms with Crippen LogP contribution in [0.4, 0.5) is 0 Å². The summed E-state index contributed by atoms with van der Waals surface area (Å²) in [5, 5.41) is 162. The Bertz CT molecular complexity index is 2350. The van der Waals surface area contributed by atoms with Gasteiger partial charge in [0, 0.05) is 5.92 Å². The first-order chi connectivity index (χ1) is 39.3. The number of hydrogen-bond acceptors (Lipinski definition) is 25. The molecule has 15 N–H and O–H groups in total. The van der Waals surface area contributed by atoms with Gasteiger partial charge in [-0.1, -0.05) is 70.1 Å². The van der Waals surface area contributed by atoms with Crippen molar-refractivity contribution in [1.29, 1.82) is 0 Å². The van der Waals surface area contributed by atoms with E-state index in [9.17, 15) is 81.4 Å². The maximum absolute atomic E-state index is 12.8. The lowest BCUT2D eigenvalue weighted by Crippen LogP contribution is -2.67. The molecule has 0 unspecified atom stereocenters. The average molecular weight is 1210 g/mol. The first-order valence-electron chi connectivity index (χ1n) is 29.6. The molecule has 84 heavy (non-hydrogen) atoms. The molecule has 4 aliphatic carbocycles. The van der Waals surface area contributed by atoms with Gasteiger partial charge in [0.25, 0.3) is 0 Å². The van der Waals surface area contributed by atoms with Crippen molar-refractivity contribution >= 4 is 5.97 Å². The van der Waals surface area contributed by atoms with Gasteiger partial charge in [0.05, 0.1) is 43.7 Å². The molecule has 2 saturated carbocycles. The normalized spacial score (nSPS) is 50.3. The largest absolute Gasteiger partial charge is 0.479 e. The van der Waals surface area contributed by atoms with Crippen LogP contribution in [0.25, 0.3) is 0 Å². The molecular weight excluding hydrogens is 1110 g/mol. The van der Waals surface area contributed by atoms with E-state index in [-0.39, 0.29) is 34.5 Å². The summed E-state index contributed by atoms with van der Waals surface area (Å²) in [4.78, 5) is 11.7. The van der Waals surface area contributed by atoms with Crippen LogP contribution in [0.5, 0.6) is 0 Å². The maximum Gasteiger partial charge on any atom is 0.335 e. The number of carbonyl (C=O) groups is 1. The number of fused-ring (bicyclic) bond motifs is 4. The lowest BCUT2D eigenvalue weighted by molar-refractivity contribution is -0.392. The van der Waals surface area contributed by atoms with Crippen molar-refractivity contribution in [2.75, 3.05) is 19.8 Å². The molecule has 0 aromatic rings. The monoisotopic (exact) mass is 1200 g/mol. The number of aliphatic hydroxyl groups is 14. The summed E-state index contributed by atoms with van der Waals surface area (Å²) in [5.41, 5.74) is -0.0882. The molecule has 9 rings (SSSR count). The van der Waals surface area contributed by atoms with Crippen molar-refractivity contribution in [3.8, 4) is 0 Å². The Hall–Kier alpha value is -2.27. The van der Waals surface area contributed by atoms with Gasteiger partial charge < -0.3 is 124 Å². The van der Waals surface area contributed by atoms with Crippen molar-refractivity contribution < 1.29 is 129 Å². The number of carboxylic acids is 1. The van der Waals surface area contributed by atoms with Crippen molar-refractivity contribution in [3.63, 3.8) is 0 Å². The average Bonchev–Trinajstić information content (AvgIpc) is 1.98. The van der Waals surface area contributed by atoms with Gasteiger partial charge in [0.2, 0.25) is 0 Å². The van der Waals surface area contributed by atoms with Crippen LogP contribution in [0.3, 0.4) is 0 Å². The SMILES string of the molecule is C[C@H](C/C=C/C(C)(C)O[C@@H]1O[C@H](C(=O)O)[C@@H](O)[C@H](O)[C@H]1O)[C@H]1CC[C@@]2(C)[C@H]3C(=CC[C@]12C)CC1=CC[C@H](O[C@@H]2O[C@H](CO[C@@H]4OC[C@H](O)[C@H](O)[C@H]4O)[C@@H](O[C@@H]4OC[C@@H](O)[C@H](O)[C@H]4O)[C@H](O)[C@H]2O[C@@H]2O[C@@H](C)[C@H](O)[C@@H](O)[C@H]2O)C(C)(C)[C@@H]1C[C@@H]3O. The number of aliphatic hydroxyl groups excluding tert-OH is 14. The Morgan fingerprint density at radius 3 is 1.94 bits per heavy atom. The van der Waals surface area contributed by atoms with Crippen LogP contribution < -0.4 is 0 Å². The Kier molecular flexibility index (Phi) is 20.1. The second kappa shape index (κ2) is 25.5. The minimum Gasteiger partial charge on any atom is -0.479 e. The summed E-state index contributed by atoms with van der Waals surface area (Å²) in [7, 11) is 0. The molecule has 9 aliphatic rings. The van der Waals surface area contributed by atoms with E-state index < -0.39 is 190 Å². The second-order valence-corrected chi connectivity index (χ2v) is 26.8. The van der Waals surface area contributed by atoms with Gasteiger partial charge in [0.1, 0.15) is 97.7 Å². The van der Waals surface area contributed by atoms with Crippen LogP contribution in [0.2, 0.25) is 0 Å². The zero-order chi connectivity index (χ0) is 61.4.